The lowest BCUT2D eigenvalue weighted by molar-refractivity contribution is 0.0523. The van der Waals surface area contributed by atoms with Gasteiger partial charge < -0.3 is 9.30 Å². The van der Waals surface area contributed by atoms with Crippen molar-refractivity contribution in [2.75, 3.05) is 6.61 Å². The SMILES string of the molecule is CCOC(=O)c1cc2c(=O)n3cc(C)ccc3nc2n(Cc2ccc(C)cc2)c1=N. The number of aryl methyl sites for hydroxylation is 2. The van der Waals surface area contributed by atoms with Crippen molar-refractivity contribution in [3.8, 4) is 0 Å². The lowest BCUT2D eigenvalue weighted by Crippen LogP contribution is -2.31. The van der Waals surface area contributed by atoms with Gasteiger partial charge in [-0.1, -0.05) is 35.9 Å². The molecule has 152 valence electrons. The maximum atomic E-state index is 13.2. The Morgan fingerprint density at radius 2 is 1.80 bits per heavy atom. The Morgan fingerprint density at radius 3 is 2.50 bits per heavy atom. The summed E-state index contributed by atoms with van der Waals surface area (Å²) in [6.07, 6.45) is 1.72. The number of nitrogens with one attached hydrogen (secondary N) is 1. The van der Waals surface area contributed by atoms with Crippen molar-refractivity contribution in [2.45, 2.75) is 27.3 Å². The van der Waals surface area contributed by atoms with Crippen LogP contribution in [0.3, 0.4) is 0 Å². The third-order valence-electron chi connectivity index (χ3n) is 5.01. The molecule has 0 bridgehead atoms. The van der Waals surface area contributed by atoms with E-state index in [0.29, 0.717) is 17.8 Å². The molecule has 7 nitrogen and oxygen atoms in total. The second-order valence-corrected chi connectivity index (χ2v) is 7.29. The molecule has 0 radical (unpaired) electrons. The Balaban J connectivity index is 2.06. The zero-order valence-electron chi connectivity index (χ0n) is 17.1. The average molecular weight is 402 g/mol. The second kappa shape index (κ2) is 7.59. The monoisotopic (exact) mass is 402 g/mol. The fourth-order valence-corrected chi connectivity index (χ4v) is 3.44. The topological polar surface area (TPSA) is 89.4 Å². The van der Waals surface area contributed by atoms with E-state index in [1.165, 1.54) is 10.5 Å². The van der Waals surface area contributed by atoms with Crippen LogP contribution in [-0.2, 0) is 11.3 Å². The molecule has 0 aliphatic heterocycles. The molecule has 4 rings (SSSR count). The van der Waals surface area contributed by atoms with Gasteiger partial charge >= 0.3 is 5.97 Å². The minimum absolute atomic E-state index is 0.0371. The first-order chi connectivity index (χ1) is 14.4. The fraction of sp³-hybridized carbons (Fsp3) is 0.217. The second-order valence-electron chi connectivity index (χ2n) is 7.29. The maximum Gasteiger partial charge on any atom is 0.341 e. The first-order valence-corrected chi connectivity index (χ1v) is 9.73. The summed E-state index contributed by atoms with van der Waals surface area (Å²) in [6.45, 7) is 6.08. The van der Waals surface area contributed by atoms with Crippen LogP contribution in [0.15, 0.2) is 53.5 Å². The summed E-state index contributed by atoms with van der Waals surface area (Å²) in [5.74, 6) is -0.629. The number of rotatable bonds is 4. The summed E-state index contributed by atoms with van der Waals surface area (Å²) in [6, 6.07) is 13.0. The Labute approximate surface area is 172 Å². The van der Waals surface area contributed by atoms with E-state index in [4.69, 9.17) is 10.1 Å². The van der Waals surface area contributed by atoms with Crippen LogP contribution in [0.2, 0.25) is 0 Å². The van der Waals surface area contributed by atoms with Gasteiger partial charge in [0.05, 0.1) is 18.5 Å². The predicted octanol–water partition coefficient (Wildman–Crippen LogP) is 2.97. The number of ether oxygens (including phenoxy) is 1. The maximum absolute atomic E-state index is 13.2. The van der Waals surface area contributed by atoms with E-state index in [2.05, 4.69) is 4.98 Å². The quantitative estimate of drug-likeness (QED) is 0.420. The van der Waals surface area contributed by atoms with E-state index in [1.807, 2.05) is 44.2 Å². The molecule has 0 saturated carbocycles. The highest BCUT2D eigenvalue weighted by atomic mass is 16.5. The molecule has 4 aromatic rings. The van der Waals surface area contributed by atoms with E-state index >= 15 is 0 Å². The molecule has 0 saturated heterocycles. The van der Waals surface area contributed by atoms with Crippen LogP contribution in [-0.4, -0.2) is 26.5 Å². The van der Waals surface area contributed by atoms with Crippen LogP contribution >= 0.6 is 0 Å². The van der Waals surface area contributed by atoms with Gasteiger partial charge in [0.1, 0.15) is 22.3 Å². The van der Waals surface area contributed by atoms with Crippen LogP contribution in [0, 0.1) is 19.3 Å². The fourth-order valence-electron chi connectivity index (χ4n) is 3.44. The van der Waals surface area contributed by atoms with Crippen molar-refractivity contribution >= 4 is 22.6 Å². The van der Waals surface area contributed by atoms with Gasteiger partial charge in [-0.15, -0.1) is 0 Å². The minimum atomic E-state index is -0.629. The number of carbonyl (C=O) groups is 1. The Kier molecular flexibility index (Phi) is 4.95. The highest BCUT2D eigenvalue weighted by Gasteiger charge is 2.18. The molecule has 3 heterocycles. The highest BCUT2D eigenvalue weighted by molar-refractivity contribution is 5.93. The van der Waals surface area contributed by atoms with Gasteiger partial charge in [-0.2, -0.15) is 0 Å². The molecule has 1 N–H and O–H groups in total. The number of fused-ring (bicyclic) bond motifs is 2. The average Bonchev–Trinajstić information content (AvgIpc) is 2.72. The Morgan fingerprint density at radius 1 is 1.10 bits per heavy atom. The number of hydrogen-bond donors (Lipinski definition) is 1. The lowest BCUT2D eigenvalue weighted by Gasteiger charge is -2.15. The number of carbonyl (C=O) groups excluding carboxylic acids is 1. The summed E-state index contributed by atoms with van der Waals surface area (Å²) in [7, 11) is 0. The highest BCUT2D eigenvalue weighted by Crippen LogP contribution is 2.14. The Bertz CT molecular complexity index is 1400. The van der Waals surface area contributed by atoms with Crippen LogP contribution < -0.4 is 11.0 Å². The summed E-state index contributed by atoms with van der Waals surface area (Å²) in [5, 5.41) is 8.92. The predicted molar refractivity (Wildman–Crippen MR) is 114 cm³/mol. The number of pyridine rings is 2. The summed E-state index contributed by atoms with van der Waals surface area (Å²) >= 11 is 0. The van der Waals surface area contributed by atoms with Crippen LogP contribution in [0.1, 0.15) is 34.0 Å². The summed E-state index contributed by atoms with van der Waals surface area (Å²) in [4.78, 5) is 30.4. The number of esters is 1. The lowest BCUT2D eigenvalue weighted by atomic mass is 10.1. The van der Waals surface area contributed by atoms with E-state index in [1.54, 1.807) is 23.8 Å². The number of nitrogens with zero attached hydrogens (tertiary/aromatic N) is 3. The van der Waals surface area contributed by atoms with Crippen molar-refractivity contribution in [3.05, 3.63) is 86.8 Å². The zero-order chi connectivity index (χ0) is 21.4. The third kappa shape index (κ3) is 3.39. The van der Waals surface area contributed by atoms with E-state index in [9.17, 15) is 9.59 Å². The molecular weight excluding hydrogens is 380 g/mol. The van der Waals surface area contributed by atoms with Crippen LogP contribution in [0.5, 0.6) is 0 Å². The summed E-state index contributed by atoms with van der Waals surface area (Å²) in [5.41, 5.74) is 3.54. The smallest absolute Gasteiger partial charge is 0.341 e. The molecule has 0 aliphatic rings. The summed E-state index contributed by atoms with van der Waals surface area (Å²) < 4.78 is 8.18. The van der Waals surface area contributed by atoms with Gasteiger partial charge in [-0.05, 0) is 44.0 Å². The molecule has 7 heteroatoms. The minimum Gasteiger partial charge on any atom is -0.462 e. The Hall–Kier alpha value is -3.74. The molecule has 0 aliphatic carbocycles. The normalized spacial score (nSPS) is 11.2. The van der Waals surface area contributed by atoms with Crippen molar-refractivity contribution in [3.63, 3.8) is 0 Å². The largest absolute Gasteiger partial charge is 0.462 e. The molecule has 0 unspecified atom stereocenters. The first-order valence-electron chi connectivity index (χ1n) is 9.73. The van der Waals surface area contributed by atoms with Gasteiger partial charge in [0, 0.05) is 6.20 Å². The molecule has 3 aromatic heterocycles. The van der Waals surface area contributed by atoms with E-state index in [-0.39, 0.29) is 28.6 Å². The van der Waals surface area contributed by atoms with Crippen LogP contribution in [0.25, 0.3) is 16.7 Å². The number of benzene rings is 1. The van der Waals surface area contributed by atoms with Crippen molar-refractivity contribution < 1.29 is 9.53 Å². The molecular formula is C23H22N4O3. The van der Waals surface area contributed by atoms with Gasteiger partial charge in [0.15, 0.2) is 0 Å². The molecule has 1 aromatic carbocycles. The van der Waals surface area contributed by atoms with E-state index < -0.39 is 5.97 Å². The van der Waals surface area contributed by atoms with Gasteiger partial charge in [-0.3, -0.25) is 14.6 Å². The van der Waals surface area contributed by atoms with Crippen molar-refractivity contribution in [1.29, 1.82) is 5.41 Å². The first kappa shape index (κ1) is 19.6. The van der Waals surface area contributed by atoms with Crippen molar-refractivity contribution in [2.24, 2.45) is 0 Å². The van der Waals surface area contributed by atoms with Gasteiger partial charge in [-0.25, -0.2) is 9.78 Å². The molecule has 0 fully saturated rings. The standard InChI is InChI=1S/C23H22N4O3/c1-4-30-23(29)17-11-18-21(25-19-10-7-15(3)12-26(19)22(18)28)27(20(17)24)13-16-8-5-14(2)6-9-16/h5-12,24H,4,13H2,1-3H3. The number of hydrogen-bond acceptors (Lipinski definition) is 5. The van der Waals surface area contributed by atoms with Crippen LogP contribution in [0.4, 0.5) is 0 Å². The zero-order valence-corrected chi connectivity index (χ0v) is 17.1. The van der Waals surface area contributed by atoms with Gasteiger partial charge in [0.25, 0.3) is 5.56 Å². The third-order valence-corrected chi connectivity index (χ3v) is 5.01. The van der Waals surface area contributed by atoms with Gasteiger partial charge in [0.2, 0.25) is 0 Å². The van der Waals surface area contributed by atoms with E-state index in [0.717, 1.165) is 16.7 Å². The molecule has 30 heavy (non-hydrogen) atoms. The molecule has 0 amide bonds. The molecule has 0 spiro atoms. The number of aromatic nitrogens is 3. The van der Waals surface area contributed by atoms with Crippen molar-refractivity contribution in [1.82, 2.24) is 14.0 Å². The molecule has 0 atom stereocenters.